The molecule has 3 rings (SSSR count). The van der Waals surface area contributed by atoms with Crippen molar-refractivity contribution in [2.75, 3.05) is 0 Å². The lowest BCUT2D eigenvalue weighted by Crippen LogP contribution is -2.03. The highest BCUT2D eigenvalue weighted by Crippen LogP contribution is 2.35. The molecule has 22 heavy (non-hydrogen) atoms. The first-order valence-corrected chi connectivity index (χ1v) is 7.56. The van der Waals surface area contributed by atoms with E-state index in [1.807, 2.05) is 42.5 Å². The molecule has 1 N–H and O–H groups in total. The monoisotopic (exact) mass is 329 g/mol. The predicted molar refractivity (Wildman–Crippen MR) is 90.2 cm³/mol. The van der Waals surface area contributed by atoms with Gasteiger partial charge in [-0.2, -0.15) is 0 Å². The second kappa shape index (κ2) is 6.49. The van der Waals surface area contributed by atoms with Crippen LogP contribution in [0.4, 0.5) is 0 Å². The molecular formula is C18H13Cl2NO. The van der Waals surface area contributed by atoms with Crippen LogP contribution in [0.1, 0.15) is 17.2 Å². The van der Waals surface area contributed by atoms with Gasteiger partial charge in [0.05, 0.1) is 5.69 Å². The number of halogens is 2. The zero-order chi connectivity index (χ0) is 15.5. The number of rotatable bonds is 3. The Kier molecular flexibility index (Phi) is 4.44. The topological polar surface area (TPSA) is 33.1 Å². The second-order valence-electron chi connectivity index (χ2n) is 4.87. The molecule has 0 saturated carbocycles. The lowest BCUT2D eigenvalue weighted by Gasteiger charge is -2.17. The molecule has 2 aromatic carbocycles. The van der Waals surface area contributed by atoms with Gasteiger partial charge in [-0.05, 0) is 35.9 Å². The number of nitrogens with zero attached hydrogens (tertiary/aromatic N) is 1. The Morgan fingerprint density at radius 1 is 0.864 bits per heavy atom. The average Bonchev–Trinajstić information content (AvgIpc) is 2.57. The van der Waals surface area contributed by atoms with Gasteiger partial charge in [0.25, 0.3) is 0 Å². The number of aliphatic hydroxyl groups excluding tert-OH is 1. The summed E-state index contributed by atoms with van der Waals surface area (Å²) in [5, 5.41) is 11.8. The van der Waals surface area contributed by atoms with E-state index in [9.17, 15) is 5.11 Å². The van der Waals surface area contributed by atoms with Gasteiger partial charge in [0.15, 0.2) is 0 Å². The molecule has 0 fully saturated rings. The van der Waals surface area contributed by atoms with E-state index in [1.54, 1.807) is 24.4 Å². The molecule has 0 aliphatic carbocycles. The van der Waals surface area contributed by atoms with Gasteiger partial charge in [-0.3, -0.25) is 4.98 Å². The van der Waals surface area contributed by atoms with Crippen LogP contribution in [0.3, 0.4) is 0 Å². The van der Waals surface area contributed by atoms with Gasteiger partial charge in [-0.1, -0.05) is 53.5 Å². The molecule has 1 aromatic heterocycles. The van der Waals surface area contributed by atoms with Crippen molar-refractivity contribution < 1.29 is 5.11 Å². The SMILES string of the molecule is OC(c1cc(Cl)ccc1Cl)c1ccccc1-c1ccccn1. The molecule has 1 heterocycles. The molecular weight excluding hydrogens is 317 g/mol. The quantitative estimate of drug-likeness (QED) is 0.721. The van der Waals surface area contributed by atoms with Crippen LogP contribution in [-0.4, -0.2) is 10.1 Å². The van der Waals surface area contributed by atoms with Crippen molar-refractivity contribution in [2.45, 2.75) is 6.10 Å². The fourth-order valence-corrected chi connectivity index (χ4v) is 2.78. The van der Waals surface area contributed by atoms with Gasteiger partial charge in [-0.15, -0.1) is 0 Å². The average molecular weight is 330 g/mol. The summed E-state index contributed by atoms with van der Waals surface area (Å²) in [4.78, 5) is 4.36. The van der Waals surface area contributed by atoms with Gasteiger partial charge >= 0.3 is 0 Å². The standard InChI is InChI=1S/C18H13Cl2NO/c19-12-8-9-16(20)15(11-12)18(22)14-6-2-1-5-13(14)17-7-3-4-10-21-17/h1-11,18,22H. The van der Waals surface area contributed by atoms with E-state index in [1.165, 1.54) is 0 Å². The maximum atomic E-state index is 10.8. The predicted octanol–water partition coefficient (Wildman–Crippen LogP) is 5.14. The Morgan fingerprint density at radius 3 is 2.41 bits per heavy atom. The highest BCUT2D eigenvalue weighted by atomic mass is 35.5. The molecule has 4 heteroatoms. The molecule has 1 unspecified atom stereocenters. The summed E-state index contributed by atoms with van der Waals surface area (Å²) in [7, 11) is 0. The Hall–Kier alpha value is -1.87. The van der Waals surface area contributed by atoms with Crippen molar-refractivity contribution in [2.24, 2.45) is 0 Å². The molecule has 0 amide bonds. The van der Waals surface area contributed by atoms with E-state index in [-0.39, 0.29) is 0 Å². The summed E-state index contributed by atoms with van der Waals surface area (Å²) in [6, 6.07) is 18.3. The highest BCUT2D eigenvalue weighted by Gasteiger charge is 2.18. The van der Waals surface area contributed by atoms with E-state index in [0.717, 1.165) is 16.8 Å². The van der Waals surface area contributed by atoms with Crippen molar-refractivity contribution in [3.05, 3.63) is 88.0 Å². The Bertz CT molecular complexity index is 790. The molecule has 0 spiro atoms. The summed E-state index contributed by atoms with van der Waals surface area (Å²) >= 11 is 12.2. The normalized spacial score (nSPS) is 12.1. The number of hydrogen-bond acceptors (Lipinski definition) is 2. The first kappa shape index (κ1) is 15.0. The summed E-state index contributed by atoms with van der Waals surface area (Å²) in [5.41, 5.74) is 2.99. The largest absolute Gasteiger partial charge is 0.384 e. The van der Waals surface area contributed by atoms with Crippen LogP contribution in [0.15, 0.2) is 66.9 Å². The number of hydrogen-bond donors (Lipinski definition) is 1. The van der Waals surface area contributed by atoms with Gasteiger partial charge in [0.1, 0.15) is 6.10 Å². The number of aromatic nitrogens is 1. The Morgan fingerprint density at radius 2 is 1.64 bits per heavy atom. The van der Waals surface area contributed by atoms with Crippen molar-refractivity contribution in [1.82, 2.24) is 4.98 Å². The van der Waals surface area contributed by atoms with Crippen molar-refractivity contribution in [3.8, 4) is 11.3 Å². The first-order chi connectivity index (χ1) is 10.7. The minimum Gasteiger partial charge on any atom is -0.384 e. The van der Waals surface area contributed by atoms with E-state index in [2.05, 4.69) is 4.98 Å². The summed E-state index contributed by atoms with van der Waals surface area (Å²) in [6.45, 7) is 0. The molecule has 2 nitrogen and oxygen atoms in total. The molecule has 0 saturated heterocycles. The molecule has 0 aliphatic rings. The third-order valence-electron chi connectivity index (χ3n) is 3.45. The van der Waals surface area contributed by atoms with Crippen LogP contribution in [0, 0.1) is 0 Å². The summed E-state index contributed by atoms with van der Waals surface area (Å²) < 4.78 is 0. The minimum atomic E-state index is -0.871. The Balaban J connectivity index is 2.11. The third-order valence-corrected chi connectivity index (χ3v) is 4.03. The zero-order valence-corrected chi connectivity index (χ0v) is 13.1. The van der Waals surface area contributed by atoms with Crippen molar-refractivity contribution in [1.29, 1.82) is 0 Å². The molecule has 0 bridgehead atoms. The van der Waals surface area contributed by atoms with Gasteiger partial charge in [-0.25, -0.2) is 0 Å². The Labute approximate surface area is 139 Å². The smallest absolute Gasteiger partial charge is 0.106 e. The van der Waals surface area contributed by atoms with Crippen LogP contribution in [0.5, 0.6) is 0 Å². The fourth-order valence-electron chi connectivity index (χ4n) is 2.38. The van der Waals surface area contributed by atoms with Crippen LogP contribution < -0.4 is 0 Å². The highest BCUT2D eigenvalue weighted by molar-refractivity contribution is 6.33. The third kappa shape index (κ3) is 3.00. The van der Waals surface area contributed by atoms with Crippen molar-refractivity contribution >= 4 is 23.2 Å². The first-order valence-electron chi connectivity index (χ1n) is 6.80. The number of pyridine rings is 1. The number of benzene rings is 2. The van der Waals surface area contributed by atoms with E-state index in [4.69, 9.17) is 23.2 Å². The lowest BCUT2D eigenvalue weighted by molar-refractivity contribution is 0.221. The molecule has 0 radical (unpaired) electrons. The molecule has 110 valence electrons. The second-order valence-corrected chi connectivity index (χ2v) is 5.71. The molecule has 1 atom stereocenters. The van der Waals surface area contributed by atoms with Crippen LogP contribution in [0.2, 0.25) is 10.0 Å². The van der Waals surface area contributed by atoms with Crippen LogP contribution in [-0.2, 0) is 0 Å². The molecule has 3 aromatic rings. The van der Waals surface area contributed by atoms with Gasteiger partial charge in [0.2, 0.25) is 0 Å². The summed E-state index contributed by atoms with van der Waals surface area (Å²) in [6.07, 6.45) is 0.856. The van der Waals surface area contributed by atoms with E-state index < -0.39 is 6.10 Å². The van der Waals surface area contributed by atoms with Crippen LogP contribution in [0.25, 0.3) is 11.3 Å². The molecule has 0 aliphatic heterocycles. The van der Waals surface area contributed by atoms with E-state index in [0.29, 0.717) is 15.6 Å². The fraction of sp³-hybridized carbons (Fsp3) is 0.0556. The minimum absolute atomic E-state index is 0.479. The zero-order valence-electron chi connectivity index (χ0n) is 11.6. The lowest BCUT2D eigenvalue weighted by atomic mass is 9.95. The maximum absolute atomic E-state index is 10.8. The van der Waals surface area contributed by atoms with Gasteiger partial charge in [0, 0.05) is 27.4 Å². The van der Waals surface area contributed by atoms with E-state index >= 15 is 0 Å². The van der Waals surface area contributed by atoms with Crippen LogP contribution >= 0.6 is 23.2 Å². The number of aliphatic hydroxyl groups is 1. The van der Waals surface area contributed by atoms with Crippen molar-refractivity contribution in [3.63, 3.8) is 0 Å². The van der Waals surface area contributed by atoms with Gasteiger partial charge < -0.3 is 5.11 Å². The summed E-state index contributed by atoms with van der Waals surface area (Å²) in [5.74, 6) is 0. The maximum Gasteiger partial charge on any atom is 0.106 e.